The van der Waals surface area contributed by atoms with Crippen LogP contribution in [-0.4, -0.2) is 15.0 Å². The topological polar surface area (TPSA) is 96.9 Å². The molecule has 7 heteroatoms. The van der Waals surface area contributed by atoms with Crippen molar-refractivity contribution >= 4 is 5.91 Å². The van der Waals surface area contributed by atoms with Crippen molar-refractivity contribution in [3.05, 3.63) is 67.5 Å². The van der Waals surface area contributed by atoms with Crippen LogP contribution in [0.4, 0.5) is 0 Å². The smallest absolute Gasteiger partial charge is 0.331 e. The van der Waals surface area contributed by atoms with Gasteiger partial charge in [-0.25, -0.2) is 9.36 Å². The molecule has 2 heterocycles. The van der Waals surface area contributed by atoms with Gasteiger partial charge in [-0.15, -0.1) is 0 Å². The van der Waals surface area contributed by atoms with E-state index >= 15 is 0 Å². The van der Waals surface area contributed by atoms with Crippen LogP contribution in [-0.2, 0) is 30.7 Å². The average Bonchev–Trinajstić information content (AvgIpc) is 3.15. The Balaban J connectivity index is 1.81. The molecule has 1 aromatic carbocycles. The van der Waals surface area contributed by atoms with Gasteiger partial charge in [0.25, 0.3) is 5.56 Å². The number of rotatable bonds is 5. The largest absolute Gasteiger partial charge is 0.348 e. The third kappa shape index (κ3) is 3.56. The molecule has 0 unspecified atom stereocenters. The Morgan fingerprint density at radius 3 is 2.63 bits per heavy atom. The first kappa shape index (κ1) is 18.6. The number of fused-ring (bicyclic) bond motifs is 1. The molecule has 1 atom stereocenters. The second kappa shape index (κ2) is 7.62. The van der Waals surface area contributed by atoms with Gasteiger partial charge in [-0.2, -0.15) is 5.26 Å². The predicted molar refractivity (Wildman–Crippen MR) is 100 cm³/mol. The highest BCUT2D eigenvalue weighted by atomic mass is 16.2. The third-order valence-electron chi connectivity index (χ3n) is 5.01. The number of aromatic nitrogens is 2. The monoisotopic (exact) mass is 366 g/mol. The van der Waals surface area contributed by atoms with Gasteiger partial charge in [-0.05, 0) is 37.3 Å². The molecule has 1 aliphatic rings. The molecule has 1 aliphatic heterocycles. The summed E-state index contributed by atoms with van der Waals surface area (Å²) in [5.74, 6) is -0.441. The van der Waals surface area contributed by atoms with Crippen LogP contribution in [0.2, 0.25) is 0 Å². The van der Waals surface area contributed by atoms with E-state index in [2.05, 4.69) is 12.2 Å². The summed E-state index contributed by atoms with van der Waals surface area (Å²) in [5, 5.41) is 12.1. The van der Waals surface area contributed by atoms with Crippen LogP contribution in [0.25, 0.3) is 0 Å². The number of nitriles is 1. The lowest BCUT2D eigenvalue weighted by Gasteiger charge is -2.16. The fourth-order valence-corrected chi connectivity index (χ4v) is 3.44. The van der Waals surface area contributed by atoms with Crippen molar-refractivity contribution in [2.75, 3.05) is 0 Å². The molecule has 7 nitrogen and oxygen atoms in total. The first-order chi connectivity index (χ1) is 13.0. The van der Waals surface area contributed by atoms with Gasteiger partial charge < -0.3 is 5.32 Å². The lowest BCUT2D eigenvalue weighted by atomic mass is 10.1. The van der Waals surface area contributed by atoms with E-state index in [1.807, 2.05) is 37.3 Å². The number of hydrogen-bond donors (Lipinski definition) is 1. The van der Waals surface area contributed by atoms with Gasteiger partial charge in [0.05, 0.1) is 6.04 Å². The lowest BCUT2D eigenvalue weighted by molar-refractivity contribution is -0.122. The van der Waals surface area contributed by atoms with Crippen LogP contribution < -0.4 is 16.6 Å². The van der Waals surface area contributed by atoms with Gasteiger partial charge in [-0.1, -0.05) is 31.2 Å². The summed E-state index contributed by atoms with van der Waals surface area (Å²) < 4.78 is 2.29. The van der Waals surface area contributed by atoms with Crippen molar-refractivity contribution < 1.29 is 4.79 Å². The van der Waals surface area contributed by atoms with E-state index in [1.54, 1.807) is 0 Å². The molecular formula is C20H22N4O3. The second-order valence-electron chi connectivity index (χ2n) is 6.75. The van der Waals surface area contributed by atoms with E-state index in [4.69, 9.17) is 0 Å². The van der Waals surface area contributed by atoms with Gasteiger partial charge in [0, 0.05) is 12.2 Å². The Morgan fingerprint density at radius 2 is 2.00 bits per heavy atom. The summed E-state index contributed by atoms with van der Waals surface area (Å²) in [6, 6.07) is 9.55. The van der Waals surface area contributed by atoms with Crippen molar-refractivity contribution in [3.63, 3.8) is 0 Å². The Kier molecular flexibility index (Phi) is 5.26. The predicted octanol–water partition coefficient (Wildman–Crippen LogP) is 1.27. The fraction of sp³-hybridized carbons (Fsp3) is 0.400. The van der Waals surface area contributed by atoms with E-state index in [0.29, 0.717) is 25.1 Å². The van der Waals surface area contributed by atoms with Crippen LogP contribution in [0.5, 0.6) is 0 Å². The normalized spacial score (nSPS) is 13.7. The maximum absolute atomic E-state index is 12.5. The SMILES string of the molecule is CCc1ccc([C@H](C)NC(=O)Cn2c(=O)c(C#N)c3n(c2=O)CCC3)cc1. The van der Waals surface area contributed by atoms with E-state index in [-0.39, 0.29) is 11.6 Å². The van der Waals surface area contributed by atoms with Crippen molar-refractivity contribution in [1.29, 1.82) is 5.26 Å². The highest BCUT2D eigenvalue weighted by Crippen LogP contribution is 2.14. The standard InChI is InChI=1S/C20H22N4O3/c1-3-14-6-8-15(9-7-14)13(2)22-18(25)12-24-19(26)16(11-21)17-5-4-10-23(17)20(24)27/h6-9,13H,3-5,10,12H2,1-2H3,(H,22,25)/t13-/m0/s1. The number of aryl methyl sites for hydroxylation is 1. The molecule has 0 saturated heterocycles. The van der Waals surface area contributed by atoms with Crippen LogP contribution in [0, 0.1) is 11.3 Å². The number of nitrogens with one attached hydrogen (secondary N) is 1. The molecule has 2 aromatic rings. The molecule has 0 saturated carbocycles. The Bertz CT molecular complexity index is 1030. The first-order valence-corrected chi connectivity index (χ1v) is 9.11. The summed E-state index contributed by atoms with van der Waals surface area (Å²) in [7, 11) is 0. The van der Waals surface area contributed by atoms with Crippen LogP contribution in [0.1, 0.15) is 48.7 Å². The highest BCUT2D eigenvalue weighted by Gasteiger charge is 2.23. The second-order valence-corrected chi connectivity index (χ2v) is 6.75. The zero-order chi connectivity index (χ0) is 19.6. The molecule has 3 rings (SSSR count). The maximum atomic E-state index is 12.5. The molecular weight excluding hydrogens is 344 g/mol. The molecule has 1 aromatic heterocycles. The summed E-state index contributed by atoms with van der Waals surface area (Å²) in [5.41, 5.74) is 1.37. The molecule has 0 spiro atoms. The number of amides is 1. The zero-order valence-corrected chi connectivity index (χ0v) is 15.5. The highest BCUT2D eigenvalue weighted by molar-refractivity contribution is 5.76. The Hall–Kier alpha value is -3.14. The minimum absolute atomic E-state index is 0.0388. The molecule has 1 amide bonds. The zero-order valence-electron chi connectivity index (χ0n) is 15.5. The van der Waals surface area contributed by atoms with E-state index in [9.17, 15) is 19.6 Å². The van der Waals surface area contributed by atoms with Gasteiger partial charge in [0.15, 0.2) is 0 Å². The molecule has 0 radical (unpaired) electrons. The number of carbonyl (C=O) groups is 1. The number of nitrogens with zero attached hydrogens (tertiary/aromatic N) is 3. The minimum atomic E-state index is -0.689. The lowest BCUT2D eigenvalue weighted by Crippen LogP contribution is -2.45. The number of benzene rings is 1. The summed E-state index contributed by atoms with van der Waals surface area (Å²) in [4.78, 5) is 37.5. The van der Waals surface area contributed by atoms with Crippen molar-refractivity contribution in [3.8, 4) is 6.07 Å². The molecule has 1 N–H and O–H groups in total. The van der Waals surface area contributed by atoms with Gasteiger partial charge >= 0.3 is 5.69 Å². The van der Waals surface area contributed by atoms with E-state index < -0.39 is 23.7 Å². The summed E-state index contributed by atoms with van der Waals surface area (Å²) in [6.45, 7) is 3.98. The molecule has 140 valence electrons. The quantitative estimate of drug-likeness (QED) is 0.862. The van der Waals surface area contributed by atoms with Gasteiger partial charge in [-0.3, -0.25) is 14.2 Å². The van der Waals surface area contributed by atoms with Crippen molar-refractivity contribution in [2.24, 2.45) is 0 Å². The summed E-state index contributed by atoms with van der Waals surface area (Å²) >= 11 is 0. The number of carbonyl (C=O) groups excluding carboxylic acids is 1. The van der Waals surface area contributed by atoms with Crippen molar-refractivity contribution in [2.45, 2.75) is 52.2 Å². The number of hydrogen-bond acceptors (Lipinski definition) is 4. The van der Waals surface area contributed by atoms with Crippen molar-refractivity contribution in [1.82, 2.24) is 14.5 Å². The summed E-state index contributed by atoms with van der Waals surface area (Å²) in [6.07, 6.45) is 2.18. The molecule has 0 aliphatic carbocycles. The molecule has 0 fully saturated rings. The molecule has 27 heavy (non-hydrogen) atoms. The Morgan fingerprint density at radius 1 is 1.30 bits per heavy atom. The van der Waals surface area contributed by atoms with Crippen LogP contribution in [0.3, 0.4) is 0 Å². The third-order valence-corrected chi connectivity index (χ3v) is 5.01. The van der Waals surface area contributed by atoms with E-state index in [0.717, 1.165) is 16.6 Å². The fourth-order valence-electron chi connectivity index (χ4n) is 3.44. The van der Waals surface area contributed by atoms with Gasteiger partial charge in [0.2, 0.25) is 5.91 Å². The first-order valence-electron chi connectivity index (χ1n) is 9.11. The van der Waals surface area contributed by atoms with Gasteiger partial charge in [0.1, 0.15) is 18.2 Å². The van der Waals surface area contributed by atoms with Crippen LogP contribution in [0.15, 0.2) is 33.9 Å². The maximum Gasteiger partial charge on any atom is 0.331 e. The van der Waals surface area contributed by atoms with Crippen LogP contribution >= 0.6 is 0 Å². The minimum Gasteiger partial charge on any atom is -0.348 e. The van der Waals surface area contributed by atoms with E-state index in [1.165, 1.54) is 10.1 Å². The molecule has 0 bridgehead atoms. The average molecular weight is 366 g/mol. The Labute approximate surface area is 156 Å².